The highest BCUT2D eigenvalue weighted by Gasteiger charge is 2.40. The minimum atomic E-state index is -0.604. The molecule has 0 atom stereocenters. The Labute approximate surface area is 187 Å². The predicted octanol–water partition coefficient (Wildman–Crippen LogP) is 5.30. The van der Waals surface area contributed by atoms with Crippen LogP contribution in [0.2, 0.25) is 0 Å². The number of nitrogens with one attached hydrogen (secondary N) is 2. The van der Waals surface area contributed by atoms with E-state index in [2.05, 4.69) is 10.6 Å². The van der Waals surface area contributed by atoms with Gasteiger partial charge in [-0.25, -0.2) is 0 Å². The molecule has 0 aliphatic carbocycles. The molecule has 0 aromatic heterocycles. The zero-order chi connectivity index (χ0) is 22.7. The molecule has 5 rings (SSSR count). The maximum Gasteiger partial charge on any atom is 0.262 e. The van der Waals surface area contributed by atoms with E-state index in [1.807, 2.05) is 100 Å². The lowest BCUT2D eigenvalue weighted by atomic mass is 9.99. The first-order valence-electron chi connectivity index (χ1n) is 10.7. The molecule has 0 fully saturated rings. The molecule has 0 unspecified atom stereocenters. The van der Waals surface area contributed by atoms with E-state index in [4.69, 9.17) is 0 Å². The average molecular weight is 427 g/mol. The molecule has 2 aliphatic heterocycles. The fraction of sp³-hybridized carbons (Fsp3) is 0.231. The highest BCUT2D eigenvalue weighted by Crippen LogP contribution is 2.38. The Bertz CT molecular complexity index is 1130. The minimum absolute atomic E-state index is 0.0536. The molecular formula is C26H26N4O2. The normalized spacial score (nSPS) is 18.4. The Balaban J connectivity index is 1.51. The van der Waals surface area contributed by atoms with Crippen LogP contribution in [0, 0.1) is 0 Å². The lowest BCUT2D eigenvalue weighted by Crippen LogP contribution is -2.57. The summed E-state index contributed by atoms with van der Waals surface area (Å²) in [6.07, 6.45) is 0. The number of carbonyl (C=O) groups excluding carboxylic acids is 2. The van der Waals surface area contributed by atoms with E-state index >= 15 is 0 Å². The Morgan fingerprint density at radius 1 is 0.562 bits per heavy atom. The van der Waals surface area contributed by atoms with Crippen LogP contribution in [0.5, 0.6) is 0 Å². The molecule has 162 valence electrons. The van der Waals surface area contributed by atoms with Crippen LogP contribution >= 0.6 is 0 Å². The number of para-hydroxylation sites is 2. The van der Waals surface area contributed by atoms with Crippen LogP contribution in [-0.2, 0) is 0 Å². The number of rotatable bonds is 2. The second-order valence-corrected chi connectivity index (χ2v) is 9.26. The summed E-state index contributed by atoms with van der Waals surface area (Å²) in [6, 6.07) is 22.7. The van der Waals surface area contributed by atoms with Gasteiger partial charge in [0.25, 0.3) is 11.8 Å². The van der Waals surface area contributed by atoms with Crippen molar-refractivity contribution in [3.8, 4) is 0 Å². The van der Waals surface area contributed by atoms with E-state index in [0.29, 0.717) is 11.1 Å². The fourth-order valence-corrected chi connectivity index (χ4v) is 4.71. The summed E-state index contributed by atoms with van der Waals surface area (Å²) in [5.74, 6) is -0.107. The molecule has 0 radical (unpaired) electrons. The summed E-state index contributed by atoms with van der Waals surface area (Å²) >= 11 is 0. The second-order valence-electron chi connectivity index (χ2n) is 9.26. The van der Waals surface area contributed by atoms with E-state index in [1.54, 1.807) is 9.80 Å². The molecule has 2 amide bonds. The standard InChI is InChI=1S/C26H26N4O2/c1-25(2)27-21-11-7-5-9-19(21)23(31)29(25)17-13-15-18(16-14-17)30-24(32)20-10-6-8-12-22(20)28-26(30,3)4/h5-16,27-28H,1-4H3. The molecule has 32 heavy (non-hydrogen) atoms. The van der Waals surface area contributed by atoms with E-state index in [9.17, 15) is 9.59 Å². The van der Waals surface area contributed by atoms with E-state index < -0.39 is 11.3 Å². The first-order valence-corrected chi connectivity index (χ1v) is 10.7. The van der Waals surface area contributed by atoms with Crippen molar-refractivity contribution in [1.29, 1.82) is 0 Å². The highest BCUT2D eigenvalue weighted by atomic mass is 16.2. The van der Waals surface area contributed by atoms with Crippen LogP contribution in [-0.4, -0.2) is 23.1 Å². The van der Waals surface area contributed by atoms with Gasteiger partial charge in [0.2, 0.25) is 0 Å². The number of fused-ring (bicyclic) bond motifs is 2. The fourth-order valence-electron chi connectivity index (χ4n) is 4.71. The van der Waals surface area contributed by atoms with E-state index in [0.717, 1.165) is 22.7 Å². The summed E-state index contributed by atoms with van der Waals surface area (Å²) in [5, 5.41) is 6.91. The minimum Gasteiger partial charge on any atom is -0.362 e. The Morgan fingerprint density at radius 2 is 0.906 bits per heavy atom. The van der Waals surface area contributed by atoms with Crippen LogP contribution in [0.4, 0.5) is 22.7 Å². The van der Waals surface area contributed by atoms with Crippen LogP contribution in [0.15, 0.2) is 72.8 Å². The molecule has 0 bridgehead atoms. The molecule has 6 nitrogen and oxygen atoms in total. The number of amides is 2. The van der Waals surface area contributed by atoms with Gasteiger partial charge in [-0.3, -0.25) is 19.4 Å². The van der Waals surface area contributed by atoms with Gasteiger partial charge in [0.15, 0.2) is 0 Å². The number of benzene rings is 3. The second kappa shape index (κ2) is 6.85. The summed E-state index contributed by atoms with van der Waals surface area (Å²) in [6.45, 7) is 7.92. The van der Waals surface area contributed by atoms with Crippen molar-refractivity contribution in [3.63, 3.8) is 0 Å². The maximum absolute atomic E-state index is 13.3. The van der Waals surface area contributed by atoms with Gasteiger partial charge in [0.1, 0.15) is 11.3 Å². The molecule has 2 heterocycles. The van der Waals surface area contributed by atoms with E-state index in [1.165, 1.54) is 0 Å². The summed E-state index contributed by atoms with van der Waals surface area (Å²) in [4.78, 5) is 30.2. The smallest absolute Gasteiger partial charge is 0.262 e. The molecule has 0 saturated carbocycles. The largest absolute Gasteiger partial charge is 0.362 e. The van der Waals surface area contributed by atoms with Gasteiger partial charge >= 0.3 is 0 Å². The Hall–Kier alpha value is -3.80. The van der Waals surface area contributed by atoms with Crippen molar-refractivity contribution >= 4 is 34.6 Å². The monoisotopic (exact) mass is 426 g/mol. The predicted molar refractivity (Wildman–Crippen MR) is 128 cm³/mol. The van der Waals surface area contributed by atoms with Gasteiger partial charge in [-0.2, -0.15) is 0 Å². The summed E-state index contributed by atoms with van der Waals surface area (Å²) in [7, 11) is 0. The van der Waals surface area contributed by atoms with Gasteiger partial charge in [-0.1, -0.05) is 24.3 Å². The van der Waals surface area contributed by atoms with Crippen LogP contribution < -0.4 is 20.4 Å². The van der Waals surface area contributed by atoms with Gasteiger partial charge in [-0.15, -0.1) is 0 Å². The van der Waals surface area contributed by atoms with Crippen molar-refractivity contribution in [2.75, 3.05) is 20.4 Å². The first-order chi connectivity index (χ1) is 15.2. The van der Waals surface area contributed by atoms with Crippen LogP contribution in [0.3, 0.4) is 0 Å². The molecule has 2 aliphatic rings. The molecule has 6 heteroatoms. The molecule has 2 N–H and O–H groups in total. The lowest BCUT2D eigenvalue weighted by molar-refractivity contribution is 0.0952. The van der Waals surface area contributed by atoms with Crippen LogP contribution in [0.1, 0.15) is 48.4 Å². The zero-order valence-electron chi connectivity index (χ0n) is 18.6. The van der Waals surface area contributed by atoms with Gasteiger partial charge in [-0.05, 0) is 76.2 Å². The van der Waals surface area contributed by atoms with E-state index in [-0.39, 0.29) is 11.8 Å². The molecule has 3 aromatic rings. The molecular weight excluding hydrogens is 400 g/mol. The van der Waals surface area contributed by atoms with Crippen molar-refractivity contribution < 1.29 is 9.59 Å². The lowest BCUT2D eigenvalue weighted by Gasteiger charge is -2.45. The quantitative estimate of drug-likeness (QED) is 0.583. The highest BCUT2D eigenvalue weighted by molar-refractivity contribution is 6.14. The van der Waals surface area contributed by atoms with Gasteiger partial charge in [0, 0.05) is 22.7 Å². The third-order valence-corrected chi connectivity index (χ3v) is 6.09. The number of hydrogen-bond donors (Lipinski definition) is 2. The van der Waals surface area contributed by atoms with Crippen molar-refractivity contribution in [1.82, 2.24) is 0 Å². The zero-order valence-corrected chi connectivity index (χ0v) is 18.6. The third-order valence-electron chi connectivity index (χ3n) is 6.09. The number of anilines is 4. The number of carbonyl (C=O) groups is 2. The van der Waals surface area contributed by atoms with Gasteiger partial charge < -0.3 is 10.6 Å². The SMILES string of the molecule is CC1(C)Nc2ccccc2C(=O)N1c1ccc(N2C(=O)c3ccccc3NC2(C)C)cc1. The number of hydrogen-bond acceptors (Lipinski definition) is 4. The average Bonchev–Trinajstić information content (AvgIpc) is 2.73. The van der Waals surface area contributed by atoms with Gasteiger partial charge in [0.05, 0.1) is 11.1 Å². The summed E-state index contributed by atoms with van der Waals surface area (Å²) < 4.78 is 0. The maximum atomic E-state index is 13.3. The molecule has 0 saturated heterocycles. The molecule has 0 spiro atoms. The van der Waals surface area contributed by atoms with Crippen molar-refractivity contribution in [3.05, 3.63) is 83.9 Å². The topological polar surface area (TPSA) is 64.7 Å². The van der Waals surface area contributed by atoms with Crippen molar-refractivity contribution in [2.45, 2.75) is 39.0 Å². The summed E-state index contributed by atoms with van der Waals surface area (Å²) in [5.41, 5.74) is 3.28. The third kappa shape index (κ3) is 3.02. The van der Waals surface area contributed by atoms with Crippen LogP contribution in [0.25, 0.3) is 0 Å². The Morgan fingerprint density at radius 3 is 1.28 bits per heavy atom. The Kier molecular flexibility index (Phi) is 4.31. The number of nitrogens with zero attached hydrogens (tertiary/aromatic N) is 2. The molecule has 3 aromatic carbocycles. The van der Waals surface area contributed by atoms with Crippen molar-refractivity contribution in [2.24, 2.45) is 0 Å². The first kappa shape index (κ1) is 20.1.